The summed E-state index contributed by atoms with van der Waals surface area (Å²) in [4.78, 5) is 30.8. The molecule has 0 spiro atoms. The summed E-state index contributed by atoms with van der Waals surface area (Å²) in [7, 11) is 0. The summed E-state index contributed by atoms with van der Waals surface area (Å²) >= 11 is 5.92. The summed E-state index contributed by atoms with van der Waals surface area (Å²) in [5.74, 6) is -0.725. The molecule has 0 fully saturated rings. The Kier molecular flexibility index (Phi) is 8.69. The van der Waals surface area contributed by atoms with E-state index in [2.05, 4.69) is 15.3 Å². The van der Waals surface area contributed by atoms with Crippen LogP contribution in [-0.2, 0) is 6.61 Å². The second-order valence-corrected chi connectivity index (χ2v) is 7.57. The smallest absolute Gasteiger partial charge is 0.267 e. The number of nitrogens with zero attached hydrogens (tertiary/aromatic N) is 3. The second-order valence-electron chi connectivity index (χ2n) is 7.13. The number of carbonyl (C=O) groups is 2. The Bertz CT molecular complexity index is 1260. The molecule has 34 heavy (non-hydrogen) atoms. The lowest BCUT2D eigenvalue weighted by Gasteiger charge is -2.06. The van der Waals surface area contributed by atoms with Crippen molar-refractivity contribution in [3.8, 4) is 11.3 Å². The van der Waals surface area contributed by atoms with Crippen molar-refractivity contribution in [3.63, 3.8) is 0 Å². The maximum atomic E-state index is 12.2. The van der Waals surface area contributed by atoms with Crippen LogP contribution in [0.3, 0.4) is 0 Å². The number of nitrogens with two attached hydrogens (primary N) is 1. The van der Waals surface area contributed by atoms with E-state index in [1.54, 1.807) is 53.1 Å². The summed E-state index contributed by atoms with van der Waals surface area (Å²) in [6.45, 7) is 0.217. The number of rotatable bonds is 7. The number of carbonyl (C=O) groups excluding carboxylic acids is 2. The Balaban J connectivity index is 0.000000302. The van der Waals surface area contributed by atoms with E-state index >= 15 is 0 Å². The first-order valence-electron chi connectivity index (χ1n) is 10.4. The molecule has 5 N–H and O–H groups in total. The zero-order chi connectivity index (χ0) is 24.5. The highest BCUT2D eigenvalue weighted by molar-refractivity contribution is 6.30. The number of fused-ring (bicyclic) bond motifs is 1. The van der Waals surface area contributed by atoms with Crippen molar-refractivity contribution >= 4 is 29.1 Å². The minimum Gasteiger partial charge on any atom is -0.396 e. The summed E-state index contributed by atoms with van der Waals surface area (Å²) < 4.78 is 1.71. The van der Waals surface area contributed by atoms with Crippen LogP contribution >= 0.6 is 11.6 Å². The molecule has 4 rings (SSSR count). The van der Waals surface area contributed by atoms with Gasteiger partial charge in [-0.2, -0.15) is 0 Å². The van der Waals surface area contributed by atoms with Gasteiger partial charge in [0.25, 0.3) is 11.8 Å². The van der Waals surface area contributed by atoms with Gasteiger partial charge in [0.1, 0.15) is 11.3 Å². The molecule has 0 aliphatic heterocycles. The van der Waals surface area contributed by atoms with E-state index in [0.717, 1.165) is 5.56 Å². The number of halogens is 1. The molecule has 176 valence electrons. The van der Waals surface area contributed by atoms with Gasteiger partial charge in [-0.15, -0.1) is 0 Å². The van der Waals surface area contributed by atoms with Gasteiger partial charge in [0.2, 0.25) is 0 Å². The van der Waals surface area contributed by atoms with Crippen LogP contribution in [-0.4, -0.2) is 49.5 Å². The van der Waals surface area contributed by atoms with Crippen LogP contribution in [0.25, 0.3) is 16.9 Å². The van der Waals surface area contributed by atoms with Gasteiger partial charge < -0.3 is 25.7 Å². The van der Waals surface area contributed by atoms with Crippen LogP contribution in [0, 0.1) is 0 Å². The molecule has 0 aliphatic rings. The van der Waals surface area contributed by atoms with Crippen molar-refractivity contribution in [2.75, 3.05) is 13.2 Å². The molecule has 0 unspecified atom stereocenters. The number of aliphatic hydroxyl groups excluding tert-OH is 2. The van der Waals surface area contributed by atoms with Gasteiger partial charge in [-0.1, -0.05) is 29.8 Å². The van der Waals surface area contributed by atoms with Crippen LogP contribution in [0.1, 0.15) is 33.0 Å². The average molecular weight is 482 g/mol. The number of primary amides is 1. The highest BCUT2D eigenvalue weighted by Crippen LogP contribution is 2.26. The summed E-state index contributed by atoms with van der Waals surface area (Å²) in [5.41, 5.74) is 8.40. The SMILES string of the molecule is NC(=O)c1ccccn1.O=C(NCCCO)c1ccc2nc(-c3ccc(Cl)cc3)c(CO)n2c1. The fraction of sp³-hybridized carbons (Fsp3) is 0.167. The van der Waals surface area contributed by atoms with E-state index in [1.807, 2.05) is 12.1 Å². The van der Waals surface area contributed by atoms with E-state index < -0.39 is 5.91 Å². The Labute approximate surface area is 200 Å². The first-order valence-corrected chi connectivity index (χ1v) is 10.8. The molecular formula is C24H24ClN5O4. The molecule has 1 aromatic carbocycles. The molecule has 10 heteroatoms. The predicted octanol–water partition coefficient (Wildman–Crippen LogP) is 2.44. The van der Waals surface area contributed by atoms with E-state index in [0.29, 0.717) is 46.3 Å². The van der Waals surface area contributed by atoms with E-state index in [9.17, 15) is 14.7 Å². The fourth-order valence-electron chi connectivity index (χ4n) is 3.11. The number of amides is 2. The first-order chi connectivity index (χ1) is 16.4. The van der Waals surface area contributed by atoms with Gasteiger partial charge in [-0.3, -0.25) is 14.6 Å². The maximum absolute atomic E-state index is 12.2. The molecule has 0 radical (unpaired) electrons. The normalized spacial score (nSPS) is 10.4. The van der Waals surface area contributed by atoms with Crippen molar-refractivity contribution in [1.29, 1.82) is 0 Å². The molecule has 0 bridgehead atoms. The quantitative estimate of drug-likeness (QED) is 0.298. The number of aliphatic hydroxyl groups is 2. The monoisotopic (exact) mass is 481 g/mol. The molecule has 3 aromatic heterocycles. The van der Waals surface area contributed by atoms with E-state index in [4.69, 9.17) is 22.4 Å². The van der Waals surface area contributed by atoms with Crippen molar-refractivity contribution < 1.29 is 19.8 Å². The third kappa shape index (κ3) is 6.16. The molecule has 9 nitrogen and oxygen atoms in total. The molecular weight excluding hydrogens is 458 g/mol. The topological polar surface area (TPSA) is 143 Å². The van der Waals surface area contributed by atoms with Gasteiger partial charge in [0.15, 0.2) is 0 Å². The minimum absolute atomic E-state index is 0.0277. The third-order valence-corrected chi connectivity index (χ3v) is 5.04. The summed E-state index contributed by atoms with van der Waals surface area (Å²) in [5, 5.41) is 22.0. The van der Waals surface area contributed by atoms with Crippen molar-refractivity contribution in [2.24, 2.45) is 5.73 Å². The molecule has 2 amide bonds. The Hall–Kier alpha value is -3.79. The number of aromatic nitrogens is 3. The summed E-state index contributed by atoms with van der Waals surface area (Å²) in [6.07, 6.45) is 3.68. The molecule has 0 aliphatic carbocycles. The van der Waals surface area contributed by atoms with Gasteiger partial charge in [0.05, 0.1) is 23.6 Å². The number of benzene rings is 1. The lowest BCUT2D eigenvalue weighted by molar-refractivity contribution is 0.0949. The van der Waals surface area contributed by atoms with Crippen LogP contribution in [0.5, 0.6) is 0 Å². The lowest BCUT2D eigenvalue weighted by atomic mass is 10.1. The fourth-order valence-corrected chi connectivity index (χ4v) is 3.24. The second kappa shape index (κ2) is 11.9. The minimum atomic E-state index is -0.490. The van der Waals surface area contributed by atoms with E-state index in [-0.39, 0.29) is 19.1 Å². The molecule has 0 saturated heterocycles. The first kappa shape index (κ1) is 24.8. The third-order valence-electron chi connectivity index (χ3n) is 4.78. The van der Waals surface area contributed by atoms with Crippen molar-refractivity contribution in [1.82, 2.24) is 19.7 Å². The summed E-state index contributed by atoms with van der Waals surface area (Å²) in [6, 6.07) is 15.6. The zero-order valence-corrected chi connectivity index (χ0v) is 18.9. The van der Waals surface area contributed by atoms with Crippen LogP contribution in [0.2, 0.25) is 5.02 Å². The number of imidazole rings is 1. The van der Waals surface area contributed by atoms with Crippen molar-refractivity contribution in [3.05, 3.63) is 89.0 Å². The van der Waals surface area contributed by atoms with Gasteiger partial charge in [-0.05, 0) is 42.8 Å². The van der Waals surface area contributed by atoms with Crippen LogP contribution in [0.15, 0.2) is 67.0 Å². The Morgan fingerprint density at radius 1 is 1.06 bits per heavy atom. The zero-order valence-electron chi connectivity index (χ0n) is 18.2. The molecule has 4 aromatic rings. The lowest BCUT2D eigenvalue weighted by Crippen LogP contribution is -2.25. The highest BCUT2D eigenvalue weighted by Gasteiger charge is 2.15. The number of hydrogen-bond acceptors (Lipinski definition) is 6. The van der Waals surface area contributed by atoms with Crippen LogP contribution in [0.4, 0.5) is 0 Å². The van der Waals surface area contributed by atoms with E-state index in [1.165, 1.54) is 6.20 Å². The van der Waals surface area contributed by atoms with Gasteiger partial charge >= 0.3 is 0 Å². The highest BCUT2D eigenvalue weighted by atomic mass is 35.5. The Morgan fingerprint density at radius 3 is 2.41 bits per heavy atom. The number of hydrogen-bond donors (Lipinski definition) is 4. The predicted molar refractivity (Wildman–Crippen MR) is 128 cm³/mol. The molecule has 0 saturated carbocycles. The van der Waals surface area contributed by atoms with Crippen LogP contribution < -0.4 is 11.1 Å². The average Bonchev–Trinajstić information content (AvgIpc) is 3.23. The van der Waals surface area contributed by atoms with Gasteiger partial charge in [-0.25, -0.2) is 4.98 Å². The molecule has 0 atom stereocenters. The largest absolute Gasteiger partial charge is 0.396 e. The Morgan fingerprint density at radius 2 is 1.82 bits per heavy atom. The maximum Gasteiger partial charge on any atom is 0.267 e. The number of nitrogens with one attached hydrogen (secondary N) is 1. The van der Waals surface area contributed by atoms with Crippen molar-refractivity contribution in [2.45, 2.75) is 13.0 Å². The molecule has 3 heterocycles. The standard InChI is InChI=1S/C18H18ClN3O3.C6H6N2O/c19-14-5-2-12(3-6-14)17-15(11-24)22-10-13(4-7-16(22)21-17)18(25)20-8-1-9-23;7-6(9)5-3-1-2-4-8-5/h2-7,10,23-24H,1,8-9,11H2,(H,20,25);1-4H,(H2,7,9). The number of pyridine rings is 2. The van der Waals surface area contributed by atoms with Gasteiger partial charge in [0, 0.05) is 36.1 Å².